The quantitative estimate of drug-likeness (QED) is 0.772. The van der Waals surface area contributed by atoms with E-state index in [4.69, 9.17) is 0 Å². The molecular weight excluding hydrogens is 300 g/mol. The van der Waals surface area contributed by atoms with E-state index >= 15 is 0 Å². The molecule has 0 radical (unpaired) electrons. The van der Waals surface area contributed by atoms with Gasteiger partial charge in [0.25, 0.3) is 0 Å². The first kappa shape index (κ1) is 16.0. The third-order valence-corrected chi connectivity index (χ3v) is 4.93. The van der Waals surface area contributed by atoms with Gasteiger partial charge in [0.05, 0.1) is 11.4 Å². The molecule has 2 aromatic rings. The minimum atomic E-state index is 0.961. The average molecular weight is 324 g/mol. The van der Waals surface area contributed by atoms with Gasteiger partial charge in [-0.15, -0.1) is 0 Å². The molecule has 2 nitrogen and oxygen atoms in total. The van der Waals surface area contributed by atoms with Gasteiger partial charge in [-0.2, -0.15) is 11.8 Å². The number of para-hydroxylation sites is 2. The van der Waals surface area contributed by atoms with E-state index in [9.17, 15) is 0 Å². The van der Waals surface area contributed by atoms with Crippen molar-refractivity contribution in [2.75, 3.05) is 41.4 Å². The maximum atomic E-state index is 3.60. The van der Waals surface area contributed by atoms with Crippen LogP contribution in [-0.4, -0.2) is 31.1 Å². The van der Waals surface area contributed by atoms with E-state index < -0.39 is 0 Å². The summed E-state index contributed by atoms with van der Waals surface area (Å²) in [7, 11) is 0. The van der Waals surface area contributed by atoms with Crippen LogP contribution in [0.5, 0.6) is 0 Å². The fourth-order valence-electron chi connectivity index (χ4n) is 2.78. The molecule has 0 atom stereocenters. The third kappa shape index (κ3) is 4.80. The lowest BCUT2D eigenvalue weighted by molar-refractivity contribution is 0.858. The monoisotopic (exact) mass is 324 g/mol. The molecule has 0 amide bonds. The van der Waals surface area contributed by atoms with Crippen molar-refractivity contribution in [3.63, 3.8) is 0 Å². The summed E-state index contributed by atoms with van der Waals surface area (Å²) in [6.07, 6.45) is 5.46. The van der Waals surface area contributed by atoms with Crippen LogP contribution in [0.3, 0.4) is 0 Å². The van der Waals surface area contributed by atoms with Gasteiger partial charge in [-0.3, -0.25) is 0 Å². The topological polar surface area (TPSA) is 15.3 Å². The third-order valence-electron chi connectivity index (χ3n) is 3.99. The smallest absolute Gasteiger partial charge is 0.0602 e. The molecule has 120 valence electrons. The first-order valence-electron chi connectivity index (χ1n) is 8.31. The molecule has 0 saturated carbocycles. The second-order valence-corrected chi connectivity index (χ2v) is 6.87. The Balaban J connectivity index is 1.53. The van der Waals surface area contributed by atoms with Crippen molar-refractivity contribution in [2.24, 2.45) is 0 Å². The van der Waals surface area contributed by atoms with Crippen molar-refractivity contribution < 1.29 is 0 Å². The van der Waals surface area contributed by atoms with Gasteiger partial charge in [0.1, 0.15) is 0 Å². The zero-order chi connectivity index (χ0) is 15.7. The predicted octanol–water partition coefficient (Wildman–Crippen LogP) is 4.76. The van der Waals surface area contributed by atoms with Crippen LogP contribution in [0, 0.1) is 0 Å². The van der Waals surface area contributed by atoms with E-state index in [0.717, 1.165) is 26.1 Å². The highest BCUT2D eigenvalue weighted by atomic mass is 32.2. The summed E-state index contributed by atoms with van der Waals surface area (Å²) in [4.78, 5) is 2.50. The Bertz CT molecular complexity index is 619. The van der Waals surface area contributed by atoms with Crippen molar-refractivity contribution in [3.05, 3.63) is 66.2 Å². The Morgan fingerprint density at radius 3 is 2.52 bits per heavy atom. The summed E-state index contributed by atoms with van der Waals surface area (Å²) in [5.41, 5.74) is 3.87. The van der Waals surface area contributed by atoms with E-state index in [-0.39, 0.29) is 0 Å². The molecule has 0 unspecified atom stereocenters. The lowest BCUT2D eigenvalue weighted by Crippen LogP contribution is -2.32. The zero-order valence-corrected chi connectivity index (χ0v) is 14.3. The van der Waals surface area contributed by atoms with Crippen LogP contribution in [0.25, 0.3) is 6.08 Å². The molecule has 0 aliphatic carbocycles. The van der Waals surface area contributed by atoms with Gasteiger partial charge in [-0.25, -0.2) is 0 Å². The molecule has 3 heteroatoms. The molecule has 0 aromatic heterocycles. The van der Waals surface area contributed by atoms with Gasteiger partial charge in [0.15, 0.2) is 0 Å². The number of benzene rings is 2. The highest BCUT2D eigenvalue weighted by Crippen LogP contribution is 2.27. The summed E-state index contributed by atoms with van der Waals surface area (Å²) < 4.78 is 0. The van der Waals surface area contributed by atoms with Crippen LogP contribution in [0.4, 0.5) is 11.4 Å². The molecule has 1 aliphatic heterocycles. The summed E-state index contributed by atoms with van der Waals surface area (Å²) in [5, 5.41) is 3.60. The first-order valence-corrected chi connectivity index (χ1v) is 9.46. The molecule has 0 spiro atoms. The van der Waals surface area contributed by atoms with Crippen LogP contribution in [0.2, 0.25) is 0 Å². The SMILES string of the molecule is C(=C\c1ccccc1)/CCNc1ccccc1N1CCSCC1. The number of rotatable bonds is 6. The van der Waals surface area contributed by atoms with Crippen LogP contribution < -0.4 is 10.2 Å². The Labute approximate surface area is 143 Å². The van der Waals surface area contributed by atoms with Crippen molar-refractivity contribution in [2.45, 2.75) is 6.42 Å². The summed E-state index contributed by atoms with van der Waals surface area (Å²) in [6, 6.07) is 19.1. The van der Waals surface area contributed by atoms with E-state index in [2.05, 4.69) is 88.7 Å². The molecule has 1 N–H and O–H groups in total. The Morgan fingerprint density at radius 2 is 1.70 bits per heavy atom. The molecule has 1 aliphatic rings. The van der Waals surface area contributed by atoms with Crippen molar-refractivity contribution in [1.82, 2.24) is 0 Å². The summed E-state index contributed by atoms with van der Waals surface area (Å²) >= 11 is 2.05. The number of hydrogen-bond acceptors (Lipinski definition) is 3. The zero-order valence-electron chi connectivity index (χ0n) is 13.4. The molecule has 2 aromatic carbocycles. The van der Waals surface area contributed by atoms with E-state index in [1.807, 2.05) is 0 Å². The van der Waals surface area contributed by atoms with Gasteiger partial charge in [0.2, 0.25) is 0 Å². The molecule has 1 fully saturated rings. The van der Waals surface area contributed by atoms with E-state index in [1.54, 1.807) is 0 Å². The average Bonchev–Trinajstić information content (AvgIpc) is 2.63. The fourth-order valence-corrected chi connectivity index (χ4v) is 3.68. The second kappa shape index (κ2) is 8.68. The van der Waals surface area contributed by atoms with Crippen molar-refractivity contribution in [1.29, 1.82) is 0 Å². The lowest BCUT2D eigenvalue weighted by Gasteiger charge is -2.30. The molecule has 1 heterocycles. The number of nitrogens with zero attached hydrogens (tertiary/aromatic N) is 1. The summed E-state index contributed by atoms with van der Waals surface area (Å²) in [6.45, 7) is 3.26. The van der Waals surface area contributed by atoms with Gasteiger partial charge < -0.3 is 10.2 Å². The predicted molar refractivity (Wildman–Crippen MR) is 105 cm³/mol. The maximum Gasteiger partial charge on any atom is 0.0602 e. The standard InChI is InChI=1S/C20H24N2S/c1-2-8-18(9-3-1)10-6-7-13-21-19-11-4-5-12-20(19)22-14-16-23-17-15-22/h1-6,8-12,21H,7,13-17H2/b10-6+. The number of nitrogens with one attached hydrogen (secondary N) is 1. The van der Waals surface area contributed by atoms with Crippen molar-refractivity contribution >= 4 is 29.2 Å². The molecule has 0 bridgehead atoms. The Hall–Kier alpha value is -1.87. The minimum absolute atomic E-state index is 0.961. The van der Waals surface area contributed by atoms with E-state index in [0.29, 0.717) is 0 Å². The van der Waals surface area contributed by atoms with Gasteiger partial charge in [0, 0.05) is 31.1 Å². The van der Waals surface area contributed by atoms with Gasteiger partial charge >= 0.3 is 0 Å². The van der Waals surface area contributed by atoms with E-state index in [1.165, 1.54) is 28.4 Å². The highest BCUT2D eigenvalue weighted by Gasteiger charge is 2.13. The van der Waals surface area contributed by atoms with Gasteiger partial charge in [-0.05, 0) is 24.1 Å². The summed E-state index contributed by atoms with van der Waals surface area (Å²) in [5.74, 6) is 2.46. The number of hydrogen-bond donors (Lipinski definition) is 1. The number of thioether (sulfide) groups is 1. The van der Waals surface area contributed by atoms with Crippen LogP contribution in [0.1, 0.15) is 12.0 Å². The Morgan fingerprint density at radius 1 is 0.957 bits per heavy atom. The molecule has 1 saturated heterocycles. The van der Waals surface area contributed by atoms with Crippen LogP contribution in [-0.2, 0) is 0 Å². The fraction of sp³-hybridized carbons (Fsp3) is 0.300. The van der Waals surface area contributed by atoms with Crippen LogP contribution in [0.15, 0.2) is 60.7 Å². The number of anilines is 2. The molecule has 23 heavy (non-hydrogen) atoms. The maximum absolute atomic E-state index is 3.60. The molecule has 3 rings (SSSR count). The second-order valence-electron chi connectivity index (χ2n) is 5.65. The van der Waals surface area contributed by atoms with Gasteiger partial charge in [-0.1, -0.05) is 54.6 Å². The lowest BCUT2D eigenvalue weighted by atomic mass is 10.2. The largest absolute Gasteiger partial charge is 0.383 e. The molecular formula is C20H24N2S. The van der Waals surface area contributed by atoms with Crippen LogP contribution >= 0.6 is 11.8 Å². The highest BCUT2D eigenvalue weighted by molar-refractivity contribution is 7.99. The van der Waals surface area contributed by atoms with Crippen molar-refractivity contribution in [3.8, 4) is 0 Å². The minimum Gasteiger partial charge on any atom is -0.383 e. The Kier molecular flexibility index (Phi) is 6.04. The normalized spacial score (nSPS) is 15.0. The first-order chi connectivity index (χ1) is 11.4.